The summed E-state index contributed by atoms with van der Waals surface area (Å²) >= 11 is 1.46. The van der Waals surface area contributed by atoms with Crippen LogP contribution in [0.4, 0.5) is 10.8 Å². The van der Waals surface area contributed by atoms with E-state index in [0.717, 1.165) is 10.6 Å². The van der Waals surface area contributed by atoms with Crippen molar-refractivity contribution in [2.24, 2.45) is 0 Å². The molecule has 0 saturated heterocycles. The van der Waals surface area contributed by atoms with E-state index in [0.29, 0.717) is 18.4 Å². The quantitative estimate of drug-likeness (QED) is 0.865. The number of aliphatic hydroxyl groups is 1. The molecule has 0 amide bonds. The van der Waals surface area contributed by atoms with Gasteiger partial charge in [-0.15, -0.1) is 0 Å². The summed E-state index contributed by atoms with van der Waals surface area (Å²) in [4.78, 5) is 2.31. The van der Waals surface area contributed by atoms with Gasteiger partial charge in [-0.1, -0.05) is 19.3 Å². The molecule has 4 nitrogen and oxygen atoms in total. The molecule has 1 aromatic rings. The lowest BCUT2D eigenvalue weighted by molar-refractivity contribution is 0.290. The zero-order chi connectivity index (χ0) is 12.3. The van der Waals surface area contributed by atoms with E-state index in [1.54, 1.807) is 0 Å². The van der Waals surface area contributed by atoms with Gasteiger partial charge in [-0.05, 0) is 31.3 Å². The first kappa shape index (κ1) is 12.6. The monoisotopic (exact) mass is 255 g/mol. The first-order valence-corrected chi connectivity index (χ1v) is 7.10. The fourth-order valence-corrected chi connectivity index (χ4v) is 3.47. The van der Waals surface area contributed by atoms with Gasteiger partial charge in [0.15, 0.2) is 0 Å². The molecule has 0 unspecified atom stereocenters. The number of hydrogen-bond donors (Lipinski definition) is 2. The molecule has 0 radical (unpaired) electrons. The molecule has 0 aromatic carbocycles. The van der Waals surface area contributed by atoms with Crippen LogP contribution < -0.4 is 10.6 Å². The summed E-state index contributed by atoms with van der Waals surface area (Å²) in [5.41, 5.74) is 6.88. The van der Waals surface area contributed by atoms with Crippen LogP contribution in [0.25, 0.3) is 0 Å². The molecule has 5 heteroatoms. The molecule has 1 saturated carbocycles. The molecule has 1 aliphatic rings. The molecule has 1 fully saturated rings. The Morgan fingerprint density at radius 2 is 2.12 bits per heavy atom. The summed E-state index contributed by atoms with van der Waals surface area (Å²) < 4.78 is 4.21. The minimum Gasteiger partial charge on any atom is -0.395 e. The lowest BCUT2D eigenvalue weighted by Crippen LogP contribution is -2.38. The van der Waals surface area contributed by atoms with Gasteiger partial charge in [0.05, 0.1) is 6.61 Å². The highest BCUT2D eigenvalue weighted by molar-refractivity contribution is 7.10. The SMILES string of the molecule is Cc1c(N)nsc1N(CCO)C1CCCCC1. The molecule has 0 bridgehead atoms. The molecule has 0 aliphatic heterocycles. The molecule has 1 aliphatic carbocycles. The standard InChI is InChI=1S/C12H21N3OS/c1-9-11(13)14-17-12(9)15(7-8-16)10-5-3-2-4-6-10/h10,16H,2-8H2,1H3,(H2,13,14). The van der Waals surface area contributed by atoms with Crippen molar-refractivity contribution >= 4 is 22.4 Å². The van der Waals surface area contributed by atoms with Crippen LogP contribution in [0.3, 0.4) is 0 Å². The minimum atomic E-state index is 0.188. The molecular weight excluding hydrogens is 234 g/mol. The number of aromatic nitrogens is 1. The first-order valence-electron chi connectivity index (χ1n) is 6.33. The summed E-state index contributed by atoms with van der Waals surface area (Å²) in [7, 11) is 0. The van der Waals surface area contributed by atoms with Gasteiger partial charge in [-0.25, -0.2) is 0 Å². The van der Waals surface area contributed by atoms with Crippen LogP contribution in [-0.2, 0) is 0 Å². The van der Waals surface area contributed by atoms with Gasteiger partial charge < -0.3 is 15.7 Å². The van der Waals surface area contributed by atoms with Gasteiger partial charge in [0.2, 0.25) is 0 Å². The van der Waals surface area contributed by atoms with Gasteiger partial charge in [0.25, 0.3) is 0 Å². The fourth-order valence-electron chi connectivity index (χ4n) is 2.56. The highest BCUT2D eigenvalue weighted by atomic mass is 32.1. The van der Waals surface area contributed by atoms with Crippen LogP contribution in [0.15, 0.2) is 0 Å². The summed E-state index contributed by atoms with van der Waals surface area (Å²) in [6, 6.07) is 0.550. The Hall–Kier alpha value is -0.810. The van der Waals surface area contributed by atoms with E-state index >= 15 is 0 Å². The van der Waals surface area contributed by atoms with Crippen LogP contribution >= 0.6 is 11.5 Å². The van der Waals surface area contributed by atoms with Crippen molar-refractivity contribution < 1.29 is 5.11 Å². The van der Waals surface area contributed by atoms with Crippen molar-refractivity contribution in [1.82, 2.24) is 4.37 Å². The maximum Gasteiger partial charge on any atom is 0.142 e. The molecule has 96 valence electrons. The molecule has 17 heavy (non-hydrogen) atoms. The van der Waals surface area contributed by atoms with Crippen molar-refractivity contribution in [2.45, 2.75) is 45.1 Å². The lowest BCUT2D eigenvalue weighted by Gasteiger charge is -2.34. The van der Waals surface area contributed by atoms with Gasteiger partial charge in [-0.3, -0.25) is 0 Å². The highest BCUT2D eigenvalue weighted by Gasteiger charge is 2.24. The van der Waals surface area contributed by atoms with Crippen LogP contribution in [0.1, 0.15) is 37.7 Å². The molecule has 1 aromatic heterocycles. The number of rotatable bonds is 4. The number of nitrogens with two attached hydrogens (primary N) is 1. The number of hydrogen-bond acceptors (Lipinski definition) is 5. The Bertz CT molecular complexity index is 361. The van der Waals surface area contributed by atoms with E-state index in [1.807, 2.05) is 6.92 Å². The number of anilines is 2. The third kappa shape index (κ3) is 2.72. The summed E-state index contributed by atoms with van der Waals surface area (Å²) in [6.45, 7) is 2.89. The topological polar surface area (TPSA) is 62.4 Å². The van der Waals surface area contributed by atoms with E-state index in [4.69, 9.17) is 5.73 Å². The van der Waals surface area contributed by atoms with E-state index in [2.05, 4.69) is 9.27 Å². The van der Waals surface area contributed by atoms with Crippen molar-refractivity contribution in [3.8, 4) is 0 Å². The largest absolute Gasteiger partial charge is 0.395 e. The second-order valence-electron chi connectivity index (χ2n) is 4.71. The zero-order valence-electron chi connectivity index (χ0n) is 10.4. The zero-order valence-corrected chi connectivity index (χ0v) is 11.2. The molecular formula is C12H21N3OS. The van der Waals surface area contributed by atoms with Crippen LogP contribution in [0.2, 0.25) is 0 Å². The van der Waals surface area contributed by atoms with Gasteiger partial charge in [0.1, 0.15) is 10.8 Å². The summed E-state index contributed by atoms with van der Waals surface area (Å²) in [5.74, 6) is 0.628. The number of aliphatic hydroxyl groups excluding tert-OH is 1. The van der Waals surface area contributed by atoms with Crippen LogP contribution in [0.5, 0.6) is 0 Å². The Morgan fingerprint density at radius 3 is 2.65 bits per heavy atom. The van der Waals surface area contributed by atoms with Gasteiger partial charge in [0, 0.05) is 18.2 Å². The number of nitrogen functional groups attached to an aromatic ring is 1. The van der Waals surface area contributed by atoms with Crippen molar-refractivity contribution in [1.29, 1.82) is 0 Å². The Balaban J connectivity index is 2.18. The molecule has 0 spiro atoms. The van der Waals surface area contributed by atoms with Crippen molar-refractivity contribution in [3.05, 3.63) is 5.56 Å². The second-order valence-corrected chi connectivity index (χ2v) is 5.46. The fraction of sp³-hybridized carbons (Fsp3) is 0.750. The molecule has 3 N–H and O–H groups in total. The van der Waals surface area contributed by atoms with Crippen LogP contribution in [-0.4, -0.2) is 28.7 Å². The lowest BCUT2D eigenvalue weighted by atomic mass is 9.94. The Labute approximate surface area is 107 Å². The Kier molecular flexibility index (Phi) is 4.23. The maximum atomic E-state index is 9.24. The maximum absolute atomic E-state index is 9.24. The van der Waals surface area contributed by atoms with Crippen LogP contribution in [0, 0.1) is 6.92 Å². The van der Waals surface area contributed by atoms with Gasteiger partial charge >= 0.3 is 0 Å². The third-order valence-electron chi connectivity index (χ3n) is 3.55. The van der Waals surface area contributed by atoms with E-state index in [1.165, 1.54) is 43.6 Å². The normalized spacial score (nSPS) is 17.3. The highest BCUT2D eigenvalue weighted by Crippen LogP contribution is 2.34. The summed E-state index contributed by atoms with van der Waals surface area (Å²) in [5, 5.41) is 10.4. The van der Waals surface area contributed by atoms with Crippen molar-refractivity contribution in [3.63, 3.8) is 0 Å². The smallest absolute Gasteiger partial charge is 0.142 e. The third-order valence-corrected chi connectivity index (χ3v) is 4.55. The molecule has 0 atom stereocenters. The van der Waals surface area contributed by atoms with Gasteiger partial charge in [-0.2, -0.15) is 4.37 Å². The first-order chi connectivity index (χ1) is 8.24. The predicted molar refractivity (Wildman–Crippen MR) is 72.6 cm³/mol. The van der Waals surface area contributed by atoms with E-state index in [-0.39, 0.29) is 6.61 Å². The van der Waals surface area contributed by atoms with E-state index in [9.17, 15) is 5.11 Å². The minimum absolute atomic E-state index is 0.188. The molecule has 1 heterocycles. The summed E-state index contributed by atoms with van der Waals surface area (Å²) in [6.07, 6.45) is 6.36. The van der Waals surface area contributed by atoms with E-state index < -0.39 is 0 Å². The number of nitrogens with zero attached hydrogens (tertiary/aromatic N) is 2. The Morgan fingerprint density at radius 1 is 1.41 bits per heavy atom. The average Bonchev–Trinajstić information content (AvgIpc) is 2.69. The predicted octanol–water partition coefficient (Wildman–Crippen LogP) is 2.17. The van der Waals surface area contributed by atoms with Crippen molar-refractivity contribution in [2.75, 3.05) is 23.8 Å². The average molecular weight is 255 g/mol. The molecule has 2 rings (SSSR count). The second kappa shape index (κ2) is 5.69.